The van der Waals surface area contributed by atoms with Gasteiger partial charge in [0.15, 0.2) is 0 Å². The van der Waals surface area contributed by atoms with Crippen LogP contribution in [0, 0.1) is 5.92 Å². The number of hydrogen-bond donors (Lipinski definition) is 2. The van der Waals surface area contributed by atoms with Crippen molar-refractivity contribution in [2.24, 2.45) is 5.92 Å². The van der Waals surface area contributed by atoms with Crippen LogP contribution in [0.2, 0.25) is 0 Å². The maximum absolute atomic E-state index is 11.7. The van der Waals surface area contributed by atoms with E-state index >= 15 is 0 Å². The minimum absolute atomic E-state index is 0.0673. The second-order valence-electron chi connectivity index (χ2n) is 4.30. The third-order valence-electron chi connectivity index (χ3n) is 2.96. The number of rotatable bonds is 6. The molecule has 0 fully saturated rings. The molecule has 0 aliphatic heterocycles. The van der Waals surface area contributed by atoms with E-state index < -0.39 is 11.5 Å². The molecule has 0 aliphatic rings. The minimum Gasteiger partial charge on any atom is -0.480 e. The molecule has 0 spiro atoms. The summed E-state index contributed by atoms with van der Waals surface area (Å²) in [5.74, 6) is -0.928. The second kappa shape index (κ2) is 5.64. The van der Waals surface area contributed by atoms with Crippen LogP contribution >= 0.6 is 0 Å². The van der Waals surface area contributed by atoms with E-state index in [0.29, 0.717) is 6.54 Å². The number of carboxylic acids is 1. The summed E-state index contributed by atoms with van der Waals surface area (Å²) in [7, 11) is 0. The van der Waals surface area contributed by atoms with Gasteiger partial charge < -0.3 is 5.11 Å². The average Bonchev–Trinajstić information content (AvgIpc) is 2.30. The van der Waals surface area contributed by atoms with Crippen molar-refractivity contribution >= 4 is 5.97 Å². The van der Waals surface area contributed by atoms with E-state index in [1.165, 1.54) is 0 Å². The molecular weight excluding hydrogens is 214 g/mol. The highest BCUT2D eigenvalue weighted by Gasteiger charge is 2.42. The molecule has 3 nitrogen and oxygen atoms in total. The van der Waals surface area contributed by atoms with Gasteiger partial charge in [-0.2, -0.15) is 0 Å². The molecule has 0 bridgehead atoms. The van der Waals surface area contributed by atoms with Crippen molar-refractivity contribution in [2.75, 3.05) is 6.54 Å². The molecule has 0 saturated carbocycles. The normalized spacial score (nSPS) is 14.3. The molecule has 1 rings (SSSR count). The fourth-order valence-corrected chi connectivity index (χ4v) is 2.02. The number of nitrogens with one attached hydrogen (secondary N) is 1. The molecule has 1 aromatic rings. The zero-order chi connectivity index (χ0) is 12.9. The molecular formula is C14H19NO2. The standard InChI is InChI=1S/C14H19NO2/c1-4-10-15-14(11(2)3,13(16)17)12-8-6-5-7-9-12/h4-9,11,15H,1,10H2,2-3H3,(H,16,17). The molecule has 0 radical (unpaired) electrons. The van der Waals surface area contributed by atoms with Gasteiger partial charge in [0.2, 0.25) is 0 Å². The number of hydrogen-bond acceptors (Lipinski definition) is 2. The molecule has 1 aromatic carbocycles. The molecule has 0 amide bonds. The summed E-state index contributed by atoms with van der Waals surface area (Å²) in [6.07, 6.45) is 1.67. The van der Waals surface area contributed by atoms with Crippen molar-refractivity contribution in [3.63, 3.8) is 0 Å². The van der Waals surface area contributed by atoms with Gasteiger partial charge in [-0.1, -0.05) is 50.3 Å². The Kier molecular flexibility index (Phi) is 4.46. The van der Waals surface area contributed by atoms with E-state index in [0.717, 1.165) is 5.56 Å². The molecule has 1 unspecified atom stereocenters. The van der Waals surface area contributed by atoms with Crippen LogP contribution in [0.25, 0.3) is 0 Å². The molecule has 17 heavy (non-hydrogen) atoms. The van der Waals surface area contributed by atoms with Gasteiger partial charge in [-0.05, 0) is 11.5 Å². The molecule has 3 heteroatoms. The van der Waals surface area contributed by atoms with Crippen molar-refractivity contribution in [1.29, 1.82) is 0 Å². The Morgan fingerprint density at radius 2 is 2.06 bits per heavy atom. The van der Waals surface area contributed by atoms with Crippen LogP contribution in [0.15, 0.2) is 43.0 Å². The average molecular weight is 233 g/mol. The van der Waals surface area contributed by atoms with Crippen molar-refractivity contribution in [1.82, 2.24) is 5.32 Å². The molecule has 1 atom stereocenters. The zero-order valence-corrected chi connectivity index (χ0v) is 10.3. The monoisotopic (exact) mass is 233 g/mol. The van der Waals surface area contributed by atoms with Crippen molar-refractivity contribution < 1.29 is 9.90 Å². The Labute approximate surface area is 102 Å². The first-order chi connectivity index (χ1) is 8.05. The maximum atomic E-state index is 11.7. The smallest absolute Gasteiger partial charge is 0.328 e. The van der Waals surface area contributed by atoms with E-state index in [1.54, 1.807) is 6.08 Å². The zero-order valence-electron chi connectivity index (χ0n) is 10.3. The maximum Gasteiger partial charge on any atom is 0.328 e. The van der Waals surface area contributed by atoms with Crippen LogP contribution in [-0.4, -0.2) is 17.6 Å². The molecule has 0 aliphatic carbocycles. The summed E-state index contributed by atoms with van der Waals surface area (Å²) < 4.78 is 0. The van der Waals surface area contributed by atoms with E-state index in [9.17, 15) is 9.90 Å². The second-order valence-corrected chi connectivity index (χ2v) is 4.30. The summed E-state index contributed by atoms with van der Waals surface area (Å²) in [5.41, 5.74) is -0.292. The summed E-state index contributed by atoms with van der Waals surface area (Å²) >= 11 is 0. The third kappa shape index (κ3) is 2.56. The van der Waals surface area contributed by atoms with Crippen molar-refractivity contribution in [3.05, 3.63) is 48.6 Å². The van der Waals surface area contributed by atoms with Crippen LogP contribution in [-0.2, 0) is 10.3 Å². The largest absolute Gasteiger partial charge is 0.480 e. The number of aliphatic carboxylic acids is 1. The van der Waals surface area contributed by atoms with Gasteiger partial charge in [0, 0.05) is 6.54 Å². The van der Waals surface area contributed by atoms with Crippen LogP contribution in [0.3, 0.4) is 0 Å². The Bertz CT molecular complexity index is 386. The van der Waals surface area contributed by atoms with Crippen molar-refractivity contribution in [3.8, 4) is 0 Å². The summed E-state index contributed by atoms with van der Waals surface area (Å²) in [5, 5.41) is 12.7. The number of carboxylic acid groups (broad SMARTS) is 1. The lowest BCUT2D eigenvalue weighted by atomic mass is 9.79. The molecule has 2 N–H and O–H groups in total. The van der Waals surface area contributed by atoms with Gasteiger partial charge in [0.1, 0.15) is 5.54 Å². The Morgan fingerprint density at radius 3 is 2.47 bits per heavy atom. The molecule has 0 heterocycles. The lowest BCUT2D eigenvalue weighted by Gasteiger charge is -2.34. The van der Waals surface area contributed by atoms with Crippen LogP contribution in [0.1, 0.15) is 19.4 Å². The van der Waals surface area contributed by atoms with Gasteiger partial charge in [-0.3, -0.25) is 5.32 Å². The lowest BCUT2D eigenvalue weighted by molar-refractivity contribution is -0.147. The first kappa shape index (κ1) is 13.5. The highest BCUT2D eigenvalue weighted by Crippen LogP contribution is 2.29. The predicted octanol–water partition coefficient (Wildman–Crippen LogP) is 2.40. The SMILES string of the molecule is C=CCNC(C(=O)O)(c1ccccc1)C(C)C. The van der Waals surface area contributed by atoms with E-state index in [-0.39, 0.29) is 5.92 Å². The summed E-state index contributed by atoms with van der Waals surface area (Å²) in [4.78, 5) is 11.7. The fraction of sp³-hybridized carbons (Fsp3) is 0.357. The number of benzene rings is 1. The van der Waals surface area contributed by atoms with E-state index in [2.05, 4.69) is 11.9 Å². The molecule has 92 valence electrons. The Balaban J connectivity index is 3.24. The van der Waals surface area contributed by atoms with E-state index in [4.69, 9.17) is 0 Å². The van der Waals surface area contributed by atoms with Gasteiger partial charge in [-0.25, -0.2) is 4.79 Å². The van der Waals surface area contributed by atoms with Crippen LogP contribution in [0.4, 0.5) is 0 Å². The highest BCUT2D eigenvalue weighted by atomic mass is 16.4. The summed E-state index contributed by atoms with van der Waals surface area (Å²) in [6.45, 7) is 7.88. The predicted molar refractivity (Wildman–Crippen MR) is 68.8 cm³/mol. The molecule has 0 aromatic heterocycles. The van der Waals surface area contributed by atoms with Gasteiger partial charge in [0.25, 0.3) is 0 Å². The molecule has 0 saturated heterocycles. The first-order valence-electron chi connectivity index (χ1n) is 5.70. The fourth-order valence-electron chi connectivity index (χ4n) is 2.02. The topological polar surface area (TPSA) is 49.3 Å². The van der Waals surface area contributed by atoms with Crippen LogP contribution in [0.5, 0.6) is 0 Å². The number of carbonyl (C=O) groups is 1. The van der Waals surface area contributed by atoms with Gasteiger partial charge in [-0.15, -0.1) is 6.58 Å². The van der Waals surface area contributed by atoms with Crippen molar-refractivity contribution in [2.45, 2.75) is 19.4 Å². The first-order valence-corrected chi connectivity index (χ1v) is 5.70. The summed E-state index contributed by atoms with van der Waals surface area (Å²) in [6, 6.07) is 9.26. The van der Waals surface area contributed by atoms with E-state index in [1.807, 2.05) is 44.2 Å². The van der Waals surface area contributed by atoms with Crippen LogP contribution < -0.4 is 5.32 Å². The Hall–Kier alpha value is -1.61. The highest BCUT2D eigenvalue weighted by molar-refractivity contribution is 5.81. The Morgan fingerprint density at radius 1 is 1.47 bits per heavy atom. The van der Waals surface area contributed by atoms with Gasteiger partial charge >= 0.3 is 5.97 Å². The van der Waals surface area contributed by atoms with Gasteiger partial charge in [0.05, 0.1) is 0 Å². The lowest BCUT2D eigenvalue weighted by Crippen LogP contribution is -2.53. The quantitative estimate of drug-likeness (QED) is 0.742. The minimum atomic E-state index is -1.06. The third-order valence-corrected chi connectivity index (χ3v) is 2.96.